The van der Waals surface area contributed by atoms with Crippen LogP contribution < -0.4 is 15.8 Å². The summed E-state index contributed by atoms with van der Waals surface area (Å²) in [6.45, 7) is 0. The van der Waals surface area contributed by atoms with Crippen molar-refractivity contribution in [3.05, 3.63) is 23.2 Å². The van der Waals surface area contributed by atoms with Gasteiger partial charge in [-0.05, 0) is 31.4 Å². The van der Waals surface area contributed by atoms with Gasteiger partial charge >= 0.3 is 0 Å². The van der Waals surface area contributed by atoms with Crippen LogP contribution >= 0.6 is 11.6 Å². The van der Waals surface area contributed by atoms with E-state index in [2.05, 4.69) is 5.32 Å². The van der Waals surface area contributed by atoms with Crippen molar-refractivity contribution < 1.29 is 9.53 Å². The first-order valence-electron chi connectivity index (χ1n) is 6.50. The van der Waals surface area contributed by atoms with Crippen molar-refractivity contribution in [3.8, 4) is 5.75 Å². The summed E-state index contributed by atoms with van der Waals surface area (Å²) in [6.07, 6.45) is 3.64. The Kier molecular flexibility index (Phi) is 4.66. The van der Waals surface area contributed by atoms with Gasteiger partial charge in [-0.2, -0.15) is 0 Å². The zero-order chi connectivity index (χ0) is 13.8. The average Bonchev–Trinajstić information content (AvgIpc) is 2.41. The topological polar surface area (TPSA) is 64.3 Å². The number of hydrogen-bond acceptors (Lipinski definition) is 3. The third-order valence-corrected chi connectivity index (χ3v) is 3.85. The predicted octanol–water partition coefficient (Wildman–Crippen LogP) is 2.80. The Balaban J connectivity index is 2.05. The molecule has 4 nitrogen and oxygen atoms in total. The van der Waals surface area contributed by atoms with Crippen LogP contribution in [0.25, 0.3) is 0 Å². The van der Waals surface area contributed by atoms with Crippen molar-refractivity contribution in [2.45, 2.75) is 31.7 Å². The van der Waals surface area contributed by atoms with Crippen molar-refractivity contribution in [3.63, 3.8) is 0 Å². The normalized spacial score (nSPS) is 22.9. The van der Waals surface area contributed by atoms with Crippen LogP contribution in [0.4, 0.5) is 5.69 Å². The SMILES string of the molecule is COc1ccc(Cl)c(NC(=O)C2CCCC(N)C2)c1. The highest BCUT2D eigenvalue weighted by Crippen LogP contribution is 2.29. The molecule has 2 rings (SSSR count). The number of anilines is 1. The van der Waals surface area contributed by atoms with E-state index in [0.717, 1.165) is 25.7 Å². The minimum absolute atomic E-state index is 0.00898. The Bertz CT molecular complexity index is 465. The Hall–Kier alpha value is -1.26. The first-order chi connectivity index (χ1) is 9.10. The number of carbonyl (C=O) groups excluding carboxylic acids is 1. The summed E-state index contributed by atoms with van der Waals surface area (Å²) >= 11 is 6.07. The van der Waals surface area contributed by atoms with E-state index in [1.807, 2.05) is 0 Å². The van der Waals surface area contributed by atoms with Gasteiger partial charge in [-0.3, -0.25) is 4.79 Å². The molecule has 1 saturated carbocycles. The molecule has 0 heterocycles. The summed E-state index contributed by atoms with van der Waals surface area (Å²) in [5.41, 5.74) is 6.49. The van der Waals surface area contributed by atoms with Crippen LogP contribution in [0.15, 0.2) is 18.2 Å². The minimum atomic E-state index is -0.0222. The van der Waals surface area contributed by atoms with Gasteiger partial charge in [0.25, 0.3) is 0 Å². The maximum Gasteiger partial charge on any atom is 0.227 e. The molecule has 1 aromatic rings. The van der Waals surface area contributed by atoms with Crippen LogP contribution in [-0.4, -0.2) is 19.1 Å². The Morgan fingerprint density at radius 1 is 1.47 bits per heavy atom. The number of nitrogens with two attached hydrogens (primary N) is 1. The monoisotopic (exact) mass is 282 g/mol. The van der Waals surface area contributed by atoms with Crippen LogP contribution in [0.2, 0.25) is 5.02 Å². The van der Waals surface area contributed by atoms with Crippen molar-refractivity contribution in [2.24, 2.45) is 11.7 Å². The molecule has 0 saturated heterocycles. The van der Waals surface area contributed by atoms with Gasteiger partial charge < -0.3 is 15.8 Å². The van der Waals surface area contributed by atoms with Crippen molar-refractivity contribution in [2.75, 3.05) is 12.4 Å². The van der Waals surface area contributed by atoms with Crippen LogP contribution in [0.1, 0.15) is 25.7 Å². The number of nitrogens with one attached hydrogen (secondary N) is 1. The van der Waals surface area contributed by atoms with E-state index in [1.54, 1.807) is 25.3 Å². The van der Waals surface area contributed by atoms with Gasteiger partial charge in [-0.25, -0.2) is 0 Å². The van der Waals surface area contributed by atoms with Gasteiger partial charge in [0.15, 0.2) is 0 Å². The fourth-order valence-corrected chi connectivity index (χ4v) is 2.59. The molecule has 1 aromatic carbocycles. The molecule has 1 aliphatic carbocycles. The largest absolute Gasteiger partial charge is 0.497 e. The maximum atomic E-state index is 12.2. The highest BCUT2D eigenvalue weighted by molar-refractivity contribution is 6.33. The quantitative estimate of drug-likeness (QED) is 0.896. The molecule has 2 atom stereocenters. The standard InChI is InChI=1S/C14H19ClN2O2/c1-19-11-5-6-12(15)13(8-11)17-14(18)9-3-2-4-10(16)7-9/h5-6,8-10H,2-4,7,16H2,1H3,(H,17,18). The second kappa shape index (κ2) is 6.26. The van der Waals surface area contributed by atoms with E-state index in [4.69, 9.17) is 22.1 Å². The molecular weight excluding hydrogens is 264 g/mol. The third-order valence-electron chi connectivity index (χ3n) is 3.52. The van der Waals surface area contributed by atoms with Gasteiger partial charge in [0, 0.05) is 18.0 Å². The number of ether oxygens (including phenoxy) is 1. The average molecular weight is 283 g/mol. The fraction of sp³-hybridized carbons (Fsp3) is 0.500. The molecule has 1 amide bonds. The molecule has 0 bridgehead atoms. The summed E-state index contributed by atoms with van der Waals surface area (Å²) < 4.78 is 5.12. The summed E-state index contributed by atoms with van der Waals surface area (Å²) in [7, 11) is 1.58. The first kappa shape index (κ1) is 14.2. The number of benzene rings is 1. The van der Waals surface area contributed by atoms with Crippen molar-refractivity contribution in [1.82, 2.24) is 0 Å². The molecule has 3 N–H and O–H groups in total. The zero-order valence-corrected chi connectivity index (χ0v) is 11.7. The van der Waals surface area contributed by atoms with E-state index in [0.29, 0.717) is 16.5 Å². The predicted molar refractivity (Wildman–Crippen MR) is 76.6 cm³/mol. The van der Waals surface area contributed by atoms with Gasteiger partial charge in [-0.15, -0.1) is 0 Å². The van der Waals surface area contributed by atoms with E-state index in [9.17, 15) is 4.79 Å². The number of hydrogen-bond donors (Lipinski definition) is 2. The highest BCUT2D eigenvalue weighted by atomic mass is 35.5. The molecule has 19 heavy (non-hydrogen) atoms. The molecule has 1 aliphatic rings. The van der Waals surface area contributed by atoms with Gasteiger partial charge in [0.05, 0.1) is 17.8 Å². The number of halogens is 1. The van der Waals surface area contributed by atoms with Gasteiger partial charge in [0.1, 0.15) is 5.75 Å². The lowest BCUT2D eigenvalue weighted by Gasteiger charge is -2.25. The number of amides is 1. The molecule has 2 unspecified atom stereocenters. The lowest BCUT2D eigenvalue weighted by atomic mass is 9.85. The smallest absolute Gasteiger partial charge is 0.227 e. The second-order valence-electron chi connectivity index (χ2n) is 4.96. The van der Waals surface area contributed by atoms with E-state index < -0.39 is 0 Å². The van der Waals surface area contributed by atoms with Crippen molar-refractivity contribution in [1.29, 1.82) is 0 Å². The molecule has 0 aliphatic heterocycles. The van der Waals surface area contributed by atoms with Crippen LogP contribution in [0.3, 0.4) is 0 Å². The van der Waals surface area contributed by atoms with Crippen LogP contribution in [0.5, 0.6) is 5.75 Å². The molecule has 1 fully saturated rings. The lowest BCUT2D eigenvalue weighted by molar-refractivity contribution is -0.120. The van der Waals surface area contributed by atoms with Gasteiger partial charge in [0.2, 0.25) is 5.91 Å². The van der Waals surface area contributed by atoms with Crippen LogP contribution in [0, 0.1) is 5.92 Å². The minimum Gasteiger partial charge on any atom is -0.497 e. The van der Waals surface area contributed by atoms with E-state index in [-0.39, 0.29) is 17.9 Å². The zero-order valence-electron chi connectivity index (χ0n) is 11.0. The van der Waals surface area contributed by atoms with E-state index in [1.165, 1.54) is 0 Å². The lowest BCUT2D eigenvalue weighted by Crippen LogP contribution is -2.34. The number of rotatable bonds is 3. The number of methoxy groups -OCH3 is 1. The van der Waals surface area contributed by atoms with Crippen LogP contribution in [-0.2, 0) is 4.79 Å². The third kappa shape index (κ3) is 3.61. The number of carbonyl (C=O) groups is 1. The molecule has 0 spiro atoms. The summed E-state index contributed by atoms with van der Waals surface area (Å²) in [5, 5.41) is 3.38. The molecule has 0 radical (unpaired) electrons. The fourth-order valence-electron chi connectivity index (χ4n) is 2.43. The summed E-state index contributed by atoms with van der Waals surface area (Å²) in [4.78, 5) is 12.2. The molecule has 0 aromatic heterocycles. The highest BCUT2D eigenvalue weighted by Gasteiger charge is 2.25. The Labute approximate surface area is 118 Å². The second-order valence-corrected chi connectivity index (χ2v) is 5.37. The molecule has 5 heteroatoms. The Morgan fingerprint density at radius 2 is 2.26 bits per heavy atom. The molecular formula is C14H19ClN2O2. The first-order valence-corrected chi connectivity index (χ1v) is 6.88. The van der Waals surface area contributed by atoms with E-state index >= 15 is 0 Å². The summed E-state index contributed by atoms with van der Waals surface area (Å²) in [6, 6.07) is 5.32. The van der Waals surface area contributed by atoms with Crippen molar-refractivity contribution >= 4 is 23.2 Å². The molecule has 104 valence electrons. The summed E-state index contributed by atoms with van der Waals surface area (Å²) in [5.74, 6) is 0.636. The maximum absolute atomic E-state index is 12.2. The Morgan fingerprint density at radius 3 is 2.95 bits per heavy atom. The van der Waals surface area contributed by atoms with Gasteiger partial charge in [-0.1, -0.05) is 18.0 Å².